The molecule has 1 saturated heterocycles. The standard InChI is InChI=1S/C20H21N3O3/c1-23-16(11-18(24)25)10-17(20(23)26)14-6-2-12(3-7-14)13-4-8-15(9-5-13)19(21)22/h2-9,16-17H,10-11H2,1H3,(H3,21,22)(H,24,25)/t16-,17+/m0/s1. The van der Waals surface area contributed by atoms with Crippen molar-refractivity contribution in [3.8, 4) is 11.1 Å². The first-order chi connectivity index (χ1) is 12.4. The van der Waals surface area contributed by atoms with Gasteiger partial charge in [-0.25, -0.2) is 0 Å². The van der Waals surface area contributed by atoms with Crippen LogP contribution in [-0.4, -0.2) is 40.8 Å². The molecule has 1 fully saturated rings. The van der Waals surface area contributed by atoms with Gasteiger partial charge in [0.25, 0.3) is 0 Å². The summed E-state index contributed by atoms with van der Waals surface area (Å²) < 4.78 is 0. The van der Waals surface area contributed by atoms with E-state index < -0.39 is 5.97 Å². The van der Waals surface area contributed by atoms with E-state index in [1.54, 1.807) is 24.1 Å². The summed E-state index contributed by atoms with van der Waals surface area (Å²) >= 11 is 0. The topological polar surface area (TPSA) is 107 Å². The van der Waals surface area contributed by atoms with Gasteiger partial charge in [0.2, 0.25) is 5.91 Å². The van der Waals surface area contributed by atoms with Gasteiger partial charge in [-0.3, -0.25) is 15.0 Å². The maximum absolute atomic E-state index is 12.5. The number of rotatable bonds is 5. The molecule has 134 valence electrons. The average molecular weight is 351 g/mol. The van der Waals surface area contributed by atoms with Crippen LogP contribution in [0, 0.1) is 5.41 Å². The van der Waals surface area contributed by atoms with Crippen molar-refractivity contribution in [3.63, 3.8) is 0 Å². The van der Waals surface area contributed by atoms with E-state index in [0.717, 1.165) is 16.7 Å². The van der Waals surface area contributed by atoms with E-state index in [1.807, 2.05) is 36.4 Å². The van der Waals surface area contributed by atoms with Crippen LogP contribution in [0.2, 0.25) is 0 Å². The third kappa shape index (κ3) is 3.44. The molecule has 2 atom stereocenters. The summed E-state index contributed by atoms with van der Waals surface area (Å²) in [6, 6.07) is 14.9. The molecule has 1 aliphatic rings. The van der Waals surface area contributed by atoms with Crippen LogP contribution in [0.4, 0.5) is 0 Å². The second kappa shape index (κ2) is 7.00. The van der Waals surface area contributed by atoms with Gasteiger partial charge in [0.1, 0.15) is 5.84 Å². The number of nitrogen functional groups attached to an aromatic ring is 1. The zero-order chi connectivity index (χ0) is 18.8. The van der Waals surface area contributed by atoms with Crippen molar-refractivity contribution in [1.29, 1.82) is 5.41 Å². The fourth-order valence-corrected chi connectivity index (χ4v) is 3.41. The minimum atomic E-state index is -0.889. The number of nitrogens with zero attached hydrogens (tertiary/aromatic N) is 1. The lowest BCUT2D eigenvalue weighted by molar-refractivity contribution is -0.138. The van der Waals surface area contributed by atoms with Gasteiger partial charge in [-0.2, -0.15) is 0 Å². The number of amidine groups is 1. The highest BCUT2D eigenvalue weighted by Gasteiger charge is 2.38. The minimum absolute atomic E-state index is 0.0285. The van der Waals surface area contributed by atoms with Crippen LogP contribution in [0.3, 0.4) is 0 Å². The molecule has 1 amide bonds. The SMILES string of the molecule is CN1C(=O)[C@@H](c2ccc(-c3ccc(C(=N)N)cc3)cc2)C[C@H]1CC(=O)O. The number of likely N-dealkylation sites (N-methyl/N-ethyl adjacent to an activating group) is 1. The van der Waals surface area contributed by atoms with Gasteiger partial charge in [-0.05, 0) is 23.1 Å². The summed E-state index contributed by atoms with van der Waals surface area (Å²) in [5.74, 6) is -1.18. The molecule has 6 nitrogen and oxygen atoms in total. The predicted octanol–water partition coefficient (Wildman–Crippen LogP) is 2.43. The smallest absolute Gasteiger partial charge is 0.305 e. The van der Waals surface area contributed by atoms with Gasteiger partial charge < -0.3 is 15.7 Å². The molecular formula is C20H21N3O3. The lowest BCUT2D eigenvalue weighted by Gasteiger charge is -2.17. The van der Waals surface area contributed by atoms with E-state index in [9.17, 15) is 9.59 Å². The Hall–Kier alpha value is -3.15. The second-order valence-electron chi connectivity index (χ2n) is 6.60. The van der Waals surface area contributed by atoms with E-state index >= 15 is 0 Å². The van der Waals surface area contributed by atoms with Crippen molar-refractivity contribution >= 4 is 17.7 Å². The maximum Gasteiger partial charge on any atom is 0.305 e. The highest BCUT2D eigenvalue weighted by Crippen LogP contribution is 2.34. The van der Waals surface area contributed by atoms with Crippen LogP contribution in [0.15, 0.2) is 48.5 Å². The van der Waals surface area contributed by atoms with Crippen molar-refractivity contribution in [3.05, 3.63) is 59.7 Å². The zero-order valence-corrected chi connectivity index (χ0v) is 14.5. The Morgan fingerprint density at radius 2 is 1.69 bits per heavy atom. The Morgan fingerprint density at radius 1 is 1.15 bits per heavy atom. The molecule has 0 unspecified atom stereocenters. The summed E-state index contributed by atoms with van der Waals surface area (Å²) in [5.41, 5.74) is 9.05. The van der Waals surface area contributed by atoms with Gasteiger partial charge >= 0.3 is 5.97 Å². The molecule has 0 radical (unpaired) electrons. The van der Waals surface area contributed by atoms with E-state index in [0.29, 0.717) is 12.0 Å². The molecule has 0 aliphatic carbocycles. The first kappa shape index (κ1) is 17.7. The Labute approximate surface area is 151 Å². The Kier molecular flexibility index (Phi) is 4.75. The summed E-state index contributed by atoms with van der Waals surface area (Å²) in [5, 5.41) is 16.4. The number of hydrogen-bond acceptors (Lipinski definition) is 3. The van der Waals surface area contributed by atoms with Crippen LogP contribution in [0.1, 0.15) is 29.9 Å². The summed E-state index contributed by atoms with van der Waals surface area (Å²) in [6.45, 7) is 0. The fourth-order valence-electron chi connectivity index (χ4n) is 3.41. The number of aliphatic carboxylic acids is 1. The number of carbonyl (C=O) groups is 2. The molecule has 6 heteroatoms. The molecule has 1 heterocycles. The Morgan fingerprint density at radius 3 is 2.19 bits per heavy atom. The normalized spacial score (nSPS) is 19.6. The summed E-state index contributed by atoms with van der Waals surface area (Å²) in [6.07, 6.45) is 0.494. The number of nitrogens with two attached hydrogens (primary N) is 1. The van der Waals surface area contributed by atoms with Gasteiger partial charge in [-0.15, -0.1) is 0 Å². The number of hydrogen-bond donors (Lipinski definition) is 3. The van der Waals surface area contributed by atoms with Crippen LogP contribution in [-0.2, 0) is 9.59 Å². The highest BCUT2D eigenvalue weighted by molar-refractivity contribution is 5.95. The highest BCUT2D eigenvalue weighted by atomic mass is 16.4. The number of likely N-dealkylation sites (tertiary alicyclic amines) is 1. The lowest BCUT2D eigenvalue weighted by Crippen LogP contribution is -2.31. The van der Waals surface area contributed by atoms with Crippen LogP contribution in [0.5, 0.6) is 0 Å². The molecule has 0 aromatic heterocycles. The van der Waals surface area contributed by atoms with Crippen LogP contribution >= 0.6 is 0 Å². The number of carboxylic acid groups (broad SMARTS) is 1. The molecule has 26 heavy (non-hydrogen) atoms. The quantitative estimate of drug-likeness (QED) is 0.568. The molecule has 2 aromatic rings. The summed E-state index contributed by atoms with van der Waals surface area (Å²) in [7, 11) is 1.67. The largest absolute Gasteiger partial charge is 0.481 e. The molecule has 3 rings (SSSR count). The second-order valence-corrected chi connectivity index (χ2v) is 6.60. The van der Waals surface area contributed by atoms with Crippen molar-refractivity contribution in [1.82, 2.24) is 4.90 Å². The van der Waals surface area contributed by atoms with Gasteiger partial charge in [0, 0.05) is 18.7 Å². The van der Waals surface area contributed by atoms with E-state index in [2.05, 4.69) is 0 Å². The average Bonchev–Trinajstić information content (AvgIpc) is 2.90. The van der Waals surface area contributed by atoms with Crippen molar-refractivity contribution in [2.45, 2.75) is 24.8 Å². The molecule has 1 aliphatic heterocycles. The lowest BCUT2D eigenvalue weighted by atomic mass is 9.93. The Bertz CT molecular complexity index is 844. The molecule has 0 bridgehead atoms. The molecule has 2 aromatic carbocycles. The van der Waals surface area contributed by atoms with Gasteiger partial charge in [0.15, 0.2) is 0 Å². The number of benzene rings is 2. The molecular weight excluding hydrogens is 330 g/mol. The number of carboxylic acids is 1. The number of nitrogens with one attached hydrogen (secondary N) is 1. The minimum Gasteiger partial charge on any atom is -0.481 e. The number of amides is 1. The van der Waals surface area contributed by atoms with Crippen LogP contribution in [0.25, 0.3) is 11.1 Å². The molecule has 0 saturated carbocycles. The van der Waals surface area contributed by atoms with E-state index in [4.69, 9.17) is 16.2 Å². The van der Waals surface area contributed by atoms with Crippen molar-refractivity contribution < 1.29 is 14.7 Å². The fraction of sp³-hybridized carbons (Fsp3) is 0.250. The third-order valence-electron chi connectivity index (χ3n) is 4.95. The van der Waals surface area contributed by atoms with Crippen molar-refractivity contribution in [2.75, 3.05) is 7.05 Å². The third-order valence-corrected chi connectivity index (χ3v) is 4.95. The zero-order valence-electron chi connectivity index (χ0n) is 14.5. The number of carbonyl (C=O) groups excluding carboxylic acids is 1. The van der Waals surface area contributed by atoms with Gasteiger partial charge in [0.05, 0.1) is 12.3 Å². The van der Waals surface area contributed by atoms with Crippen LogP contribution < -0.4 is 5.73 Å². The van der Waals surface area contributed by atoms with E-state index in [1.165, 1.54) is 0 Å². The Balaban J connectivity index is 1.78. The van der Waals surface area contributed by atoms with Crippen molar-refractivity contribution in [2.24, 2.45) is 5.73 Å². The molecule has 4 N–H and O–H groups in total. The first-order valence-corrected chi connectivity index (χ1v) is 8.40. The maximum atomic E-state index is 12.5. The monoisotopic (exact) mass is 351 g/mol. The first-order valence-electron chi connectivity index (χ1n) is 8.40. The molecule has 0 spiro atoms. The van der Waals surface area contributed by atoms with E-state index in [-0.39, 0.29) is 30.1 Å². The van der Waals surface area contributed by atoms with Gasteiger partial charge in [-0.1, -0.05) is 48.5 Å². The predicted molar refractivity (Wildman–Crippen MR) is 99.1 cm³/mol. The summed E-state index contributed by atoms with van der Waals surface area (Å²) in [4.78, 5) is 25.0.